The van der Waals surface area contributed by atoms with Crippen molar-refractivity contribution in [3.05, 3.63) is 38.9 Å². The molecule has 0 aromatic heterocycles. The lowest BCUT2D eigenvalue weighted by Gasteiger charge is -2.26. The fourth-order valence-electron chi connectivity index (χ4n) is 1.78. The van der Waals surface area contributed by atoms with Gasteiger partial charge in [-0.25, -0.2) is 0 Å². The quantitative estimate of drug-likeness (QED) is 0.642. The molecule has 2 rings (SSSR count). The number of nitro benzene ring substituents is 1. The Morgan fingerprint density at radius 2 is 2.21 bits per heavy atom. The van der Waals surface area contributed by atoms with Crippen LogP contribution in [0.25, 0.3) is 0 Å². The molecule has 1 heterocycles. The van der Waals surface area contributed by atoms with Crippen LogP contribution in [0.15, 0.2) is 18.2 Å². The predicted molar refractivity (Wildman–Crippen MR) is 67.0 cm³/mol. The van der Waals surface area contributed by atoms with E-state index in [4.69, 9.17) is 11.6 Å². The largest absolute Gasteiger partial charge is 0.353 e. The van der Waals surface area contributed by atoms with E-state index in [1.807, 2.05) is 0 Å². The zero-order valence-corrected chi connectivity index (χ0v) is 10.5. The van der Waals surface area contributed by atoms with Crippen molar-refractivity contribution in [3.8, 4) is 0 Å². The highest BCUT2D eigenvalue weighted by atomic mass is 35.5. The molecule has 0 saturated carbocycles. The Hall–Kier alpha value is -2.15. The van der Waals surface area contributed by atoms with Crippen molar-refractivity contribution in [3.63, 3.8) is 0 Å². The average molecular weight is 284 g/mol. The third kappa shape index (κ3) is 2.82. The Labute approximate surface area is 113 Å². The molecule has 0 unspecified atom stereocenters. The maximum absolute atomic E-state index is 12.1. The Kier molecular flexibility index (Phi) is 3.66. The van der Waals surface area contributed by atoms with Crippen LogP contribution in [0.4, 0.5) is 5.69 Å². The Bertz CT molecular complexity index is 561. The second-order valence-electron chi connectivity index (χ2n) is 4.00. The smallest absolute Gasteiger partial charge is 0.287 e. The second-order valence-corrected chi connectivity index (χ2v) is 4.41. The number of halogens is 1. The van der Waals surface area contributed by atoms with E-state index in [0.717, 1.165) is 0 Å². The molecule has 1 aliphatic heterocycles. The monoisotopic (exact) mass is 283 g/mol. The van der Waals surface area contributed by atoms with Crippen LogP contribution in [0, 0.1) is 10.1 Å². The summed E-state index contributed by atoms with van der Waals surface area (Å²) in [5.74, 6) is -0.598. The summed E-state index contributed by atoms with van der Waals surface area (Å²) in [4.78, 5) is 34.7. The summed E-state index contributed by atoms with van der Waals surface area (Å²) in [7, 11) is 0. The minimum Gasteiger partial charge on any atom is -0.353 e. The van der Waals surface area contributed by atoms with Crippen molar-refractivity contribution < 1.29 is 14.5 Å². The van der Waals surface area contributed by atoms with Crippen LogP contribution < -0.4 is 5.32 Å². The van der Waals surface area contributed by atoms with E-state index in [0.29, 0.717) is 13.1 Å². The van der Waals surface area contributed by atoms with Crippen LogP contribution in [-0.4, -0.2) is 41.3 Å². The van der Waals surface area contributed by atoms with Crippen molar-refractivity contribution in [2.24, 2.45) is 0 Å². The summed E-state index contributed by atoms with van der Waals surface area (Å²) in [6.07, 6.45) is 0. The first-order valence-electron chi connectivity index (χ1n) is 5.49. The average Bonchev–Trinajstić information content (AvgIpc) is 2.37. The van der Waals surface area contributed by atoms with Gasteiger partial charge < -0.3 is 10.2 Å². The van der Waals surface area contributed by atoms with Crippen molar-refractivity contribution in [1.29, 1.82) is 0 Å². The van der Waals surface area contributed by atoms with E-state index in [2.05, 4.69) is 5.32 Å². The number of nitro groups is 1. The molecule has 1 fully saturated rings. The van der Waals surface area contributed by atoms with Gasteiger partial charge in [-0.3, -0.25) is 19.7 Å². The number of hydrogen-bond acceptors (Lipinski definition) is 4. The van der Waals surface area contributed by atoms with Crippen LogP contribution >= 0.6 is 11.6 Å². The number of piperazine rings is 1. The SMILES string of the molecule is O=C1CN(C(=O)c2ccc([N+](=O)[O-])c(Cl)c2)CCN1. The first-order chi connectivity index (χ1) is 8.99. The zero-order chi connectivity index (χ0) is 14.0. The van der Waals surface area contributed by atoms with Gasteiger partial charge in [-0.2, -0.15) is 0 Å². The van der Waals surface area contributed by atoms with E-state index in [1.54, 1.807) is 0 Å². The van der Waals surface area contributed by atoms with Crippen LogP contribution in [0.1, 0.15) is 10.4 Å². The van der Waals surface area contributed by atoms with E-state index in [-0.39, 0.29) is 34.6 Å². The van der Waals surface area contributed by atoms with Gasteiger partial charge in [-0.1, -0.05) is 11.6 Å². The molecule has 0 bridgehead atoms. The Morgan fingerprint density at radius 1 is 1.47 bits per heavy atom. The summed E-state index contributed by atoms with van der Waals surface area (Å²) in [5.41, 5.74) is -0.0279. The van der Waals surface area contributed by atoms with Crippen LogP contribution in [0.2, 0.25) is 5.02 Å². The van der Waals surface area contributed by atoms with Crippen molar-refractivity contribution in [2.45, 2.75) is 0 Å². The molecular weight excluding hydrogens is 274 g/mol. The molecule has 1 aliphatic rings. The van der Waals surface area contributed by atoms with Gasteiger partial charge in [0.05, 0.1) is 11.5 Å². The fraction of sp³-hybridized carbons (Fsp3) is 0.273. The summed E-state index contributed by atoms with van der Waals surface area (Å²) >= 11 is 5.74. The van der Waals surface area contributed by atoms with Crippen LogP contribution in [-0.2, 0) is 4.79 Å². The number of amides is 2. The van der Waals surface area contributed by atoms with Crippen LogP contribution in [0.3, 0.4) is 0 Å². The minimum absolute atomic E-state index is 0.0204. The molecule has 2 amide bonds. The van der Waals surface area contributed by atoms with Crippen molar-refractivity contribution in [2.75, 3.05) is 19.6 Å². The number of carbonyl (C=O) groups excluding carboxylic acids is 2. The van der Waals surface area contributed by atoms with Gasteiger partial charge in [-0.05, 0) is 12.1 Å². The third-order valence-corrected chi connectivity index (χ3v) is 3.02. The first kappa shape index (κ1) is 13.3. The molecule has 19 heavy (non-hydrogen) atoms. The van der Waals surface area contributed by atoms with Crippen molar-refractivity contribution in [1.82, 2.24) is 10.2 Å². The standard InChI is InChI=1S/C11H10ClN3O4/c12-8-5-7(1-2-9(8)15(18)19)11(17)14-4-3-13-10(16)6-14/h1-2,5H,3-4,6H2,(H,13,16). The van der Waals surface area contributed by atoms with Gasteiger partial charge in [0.15, 0.2) is 0 Å². The third-order valence-electron chi connectivity index (χ3n) is 2.72. The van der Waals surface area contributed by atoms with Gasteiger partial charge >= 0.3 is 0 Å². The highest BCUT2D eigenvalue weighted by Gasteiger charge is 2.23. The molecule has 7 nitrogen and oxygen atoms in total. The molecule has 0 atom stereocenters. The highest BCUT2D eigenvalue weighted by Crippen LogP contribution is 2.25. The number of carbonyl (C=O) groups is 2. The summed E-state index contributed by atoms with van der Waals surface area (Å²) in [6.45, 7) is 0.776. The summed E-state index contributed by atoms with van der Waals surface area (Å²) in [5, 5.41) is 13.1. The summed E-state index contributed by atoms with van der Waals surface area (Å²) < 4.78 is 0. The molecule has 100 valence electrons. The maximum Gasteiger partial charge on any atom is 0.287 e. The topological polar surface area (TPSA) is 92.5 Å². The van der Waals surface area contributed by atoms with Crippen LogP contribution in [0.5, 0.6) is 0 Å². The Balaban J connectivity index is 2.22. The first-order valence-corrected chi connectivity index (χ1v) is 5.87. The lowest BCUT2D eigenvalue weighted by molar-refractivity contribution is -0.384. The molecule has 0 radical (unpaired) electrons. The summed E-state index contributed by atoms with van der Waals surface area (Å²) in [6, 6.07) is 3.76. The van der Waals surface area contributed by atoms with Gasteiger partial charge in [0.1, 0.15) is 5.02 Å². The zero-order valence-electron chi connectivity index (χ0n) is 9.76. The molecule has 1 saturated heterocycles. The molecule has 0 aliphatic carbocycles. The lowest BCUT2D eigenvalue weighted by atomic mass is 10.1. The predicted octanol–water partition coefficient (Wildman–Crippen LogP) is 0.820. The molecule has 1 N–H and O–H groups in total. The fourth-order valence-corrected chi connectivity index (χ4v) is 2.03. The van der Waals surface area contributed by atoms with E-state index in [1.165, 1.54) is 23.1 Å². The normalized spacial score (nSPS) is 15.0. The van der Waals surface area contributed by atoms with Gasteiger partial charge in [0.25, 0.3) is 11.6 Å². The Morgan fingerprint density at radius 3 is 2.79 bits per heavy atom. The van der Waals surface area contributed by atoms with Gasteiger partial charge in [0.2, 0.25) is 5.91 Å². The van der Waals surface area contributed by atoms with Crippen molar-refractivity contribution >= 4 is 29.1 Å². The second kappa shape index (κ2) is 5.23. The van der Waals surface area contributed by atoms with Gasteiger partial charge in [0, 0.05) is 24.7 Å². The molecule has 1 aromatic rings. The van der Waals surface area contributed by atoms with E-state index in [9.17, 15) is 19.7 Å². The molecule has 1 aromatic carbocycles. The minimum atomic E-state index is -0.620. The number of nitrogens with zero attached hydrogens (tertiary/aromatic N) is 2. The number of rotatable bonds is 2. The molecular formula is C11H10ClN3O4. The molecule has 0 spiro atoms. The molecule has 8 heteroatoms. The van der Waals surface area contributed by atoms with E-state index < -0.39 is 4.92 Å². The highest BCUT2D eigenvalue weighted by molar-refractivity contribution is 6.33. The lowest BCUT2D eigenvalue weighted by Crippen LogP contribution is -2.49. The number of hydrogen-bond donors (Lipinski definition) is 1. The van der Waals surface area contributed by atoms with Gasteiger partial charge in [-0.15, -0.1) is 0 Å². The number of benzene rings is 1. The maximum atomic E-state index is 12.1. The van der Waals surface area contributed by atoms with E-state index >= 15 is 0 Å². The number of nitrogens with one attached hydrogen (secondary N) is 1.